The minimum absolute atomic E-state index is 0.257. The molecule has 0 radical (unpaired) electrons. The highest BCUT2D eigenvalue weighted by atomic mass is 28.4. The SMILES string of the molecule is CCCO[Si](CCC)(OCCC)OC(CC)C1CCC2OC2C1. The minimum atomic E-state index is -2.55. The van der Waals surface area contributed by atoms with Crippen LogP contribution >= 0.6 is 0 Å². The number of fused-ring (bicyclic) bond motifs is 1. The molecule has 0 N–H and O–H groups in total. The van der Waals surface area contributed by atoms with E-state index in [1.807, 2.05) is 0 Å². The molecule has 4 unspecified atom stereocenters. The monoisotopic (exact) mass is 344 g/mol. The van der Waals surface area contributed by atoms with Gasteiger partial charge in [-0.25, -0.2) is 0 Å². The van der Waals surface area contributed by atoms with Gasteiger partial charge in [0.25, 0.3) is 0 Å². The largest absolute Gasteiger partial charge is 0.501 e. The summed E-state index contributed by atoms with van der Waals surface area (Å²) in [5.41, 5.74) is 0. The first-order chi connectivity index (χ1) is 11.2. The lowest BCUT2D eigenvalue weighted by Crippen LogP contribution is -2.50. The van der Waals surface area contributed by atoms with Crippen LogP contribution in [0, 0.1) is 5.92 Å². The van der Waals surface area contributed by atoms with Crippen molar-refractivity contribution in [1.82, 2.24) is 0 Å². The molecule has 4 nitrogen and oxygen atoms in total. The van der Waals surface area contributed by atoms with Crippen molar-refractivity contribution in [3.05, 3.63) is 0 Å². The first-order valence-electron chi connectivity index (χ1n) is 9.79. The second-order valence-electron chi connectivity index (χ2n) is 6.98. The van der Waals surface area contributed by atoms with Crippen molar-refractivity contribution in [2.45, 2.75) is 97.0 Å². The fourth-order valence-electron chi connectivity index (χ4n) is 3.65. The zero-order valence-electron chi connectivity index (χ0n) is 15.5. The Morgan fingerprint density at radius 1 is 0.957 bits per heavy atom. The summed E-state index contributed by atoms with van der Waals surface area (Å²) in [5.74, 6) is 0.600. The molecule has 0 aromatic heterocycles. The smallest absolute Gasteiger partial charge is 0.373 e. The standard InChI is InChI=1S/C18H36O4Si/c1-5-11-19-23(13-7-3,20-12-6-2)22-16(8-4)15-9-10-17-18(14-15)21-17/h15-18H,5-14H2,1-4H3. The third-order valence-corrected chi connectivity index (χ3v) is 7.97. The van der Waals surface area contributed by atoms with E-state index in [1.165, 1.54) is 12.8 Å². The number of epoxide rings is 1. The molecule has 0 bridgehead atoms. The second-order valence-corrected chi connectivity index (χ2v) is 9.66. The van der Waals surface area contributed by atoms with Gasteiger partial charge >= 0.3 is 8.80 Å². The molecule has 0 amide bonds. The van der Waals surface area contributed by atoms with Crippen LogP contribution in [0.4, 0.5) is 0 Å². The fraction of sp³-hybridized carbons (Fsp3) is 1.00. The molecule has 0 aromatic carbocycles. The van der Waals surface area contributed by atoms with Crippen LogP contribution in [0.2, 0.25) is 6.04 Å². The Labute approximate surface area is 143 Å². The van der Waals surface area contributed by atoms with Crippen molar-refractivity contribution >= 4 is 8.80 Å². The normalized spacial score (nSPS) is 28.4. The van der Waals surface area contributed by atoms with E-state index >= 15 is 0 Å². The quantitative estimate of drug-likeness (QED) is 0.385. The Hall–Kier alpha value is 0.0569. The highest BCUT2D eigenvalue weighted by molar-refractivity contribution is 6.60. The van der Waals surface area contributed by atoms with Gasteiger partial charge in [-0.2, -0.15) is 0 Å². The summed E-state index contributed by atoms with van der Waals surface area (Å²) in [6.07, 6.45) is 8.98. The summed E-state index contributed by atoms with van der Waals surface area (Å²) in [6.45, 7) is 10.2. The van der Waals surface area contributed by atoms with E-state index in [1.54, 1.807) is 0 Å². The number of ether oxygens (including phenoxy) is 1. The molecule has 1 aliphatic heterocycles. The summed E-state index contributed by atoms with van der Waals surface area (Å²) < 4.78 is 24.9. The summed E-state index contributed by atoms with van der Waals surface area (Å²) in [7, 11) is -2.55. The van der Waals surface area contributed by atoms with Crippen molar-refractivity contribution in [1.29, 1.82) is 0 Å². The summed E-state index contributed by atoms with van der Waals surface area (Å²) >= 11 is 0. The molecule has 0 spiro atoms. The van der Waals surface area contributed by atoms with Crippen LogP contribution < -0.4 is 0 Å². The Bertz CT molecular complexity index is 331. The molecule has 1 saturated carbocycles. The number of rotatable bonds is 12. The summed E-state index contributed by atoms with van der Waals surface area (Å²) in [6, 6.07) is 0.929. The van der Waals surface area contributed by atoms with E-state index < -0.39 is 8.80 Å². The van der Waals surface area contributed by atoms with Gasteiger partial charge in [-0.1, -0.05) is 34.1 Å². The van der Waals surface area contributed by atoms with Crippen molar-refractivity contribution in [3.8, 4) is 0 Å². The van der Waals surface area contributed by atoms with E-state index in [-0.39, 0.29) is 6.10 Å². The van der Waals surface area contributed by atoms with Gasteiger partial charge < -0.3 is 18.0 Å². The van der Waals surface area contributed by atoms with Crippen molar-refractivity contribution in [2.24, 2.45) is 5.92 Å². The number of hydrogen-bond acceptors (Lipinski definition) is 4. The van der Waals surface area contributed by atoms with Crippen molar-refractivity contribution in [3.63, 3.8) is 0 Å². The molecule has 0 aromatic rings. The molecule has 5 heteroatoms. The third kappa shape index (κ3) is 5.53. The topological polar surface area (TPSA) is 40.2 Å². The molecule has 136 valence electrons. The number of hydrogen-bond donors (Lipinski definition) is 0. The van der Waals surface area contributed by atoms with Crippen LogP contribution in [-0.2, 0) is 18.0 Å². The first kappa shape index (κ1) is 19.4. The molecule has 2 aliphatic rings. The second kappa shape index (κ2) is 9.52. The van der Waals surface area contributed by atoms with E-state index in [0.29, 0.717) is 18.1 Å². The van der Waals surface area contributed by atoms with Gasteiger partial charge in [0.05, 0.1) is 18.3 Å². The lowest BCUT2D eigenvalue weighted by Gasteiger charge is -2.37. The predicted octanol–water partition coefficient (Wildman–Crippen LogP) is 4.55. The maximum absolute atomic E-state index is 6.68. The summed E-state index contributed by atoms with van der Waals surface area (Å²) in [4.78, 5) is 0. The first-order valence-corrected chi connectivity index (χ1v) is 11.7. The van der Waals surface area contributed by atoms with Crippen LogP contribution in [0.1, 0.15) is 72.6 Å². The fourth-order valence-corrected chi connectivity index (χ4v) is 6.74. The Morgan fingerprint density at radius 3 is 2.17 bits per heavy atom. The third-order valence-electron chi connectivity index (χ3n) is 4.91. The molecular formula is C18H36O4Si. The van der Waals surface area contributed by atoms with Gasteiger partial charge in [-0.05, 0) is 44.4 Å². The molecule has 2 rings (SSSR count). The highest BCUT2D eigenvalue weighted by Crippen LogP contribution is 2.42. The van der Waals surface area contributed by atoms with Gasteiger partial charge in [0, 0.05) is 19.3 Å². The Balaban J connectivity index is 2.01. The average Bonchev–Trinajstić information content (AvgIpc) is 3.34. The Morgan fingerprint density at radius 2 is 1.65 bits per heavy atom. The van der Waals surface area contributed by atoms with E-state index in [9.17, 15) is 0 Å². The van der Waals surface area contributed by atoms with Crippen molar-refractivity contribution < 1.29 is 18.0 Å². The maximum atomic E-state index is 6.68. The van der Waals surface area contributed by atoms with Gasteiger partial charge in [0.1, 0.15) is 0 Å². The molecule has 1 heterocycles. The zero-order chi connectivity index (χ0) is 16.7. The van der Waals surface area contributed by atoms with E-state index in [2.05, 4.69) is 27.7 Å². The molecule has 23 heavy (non-hydrogen) atoms. The van der Waals surface area contributed by atoms with Crippen LogP contribution in [0.15, 0.2) is 0 Å². The molecule has 2 fully saturated rings. The maximum Gasteiger partial charge on any atom is 0.501 e. The molecular weight excluding hydrogens is 308 g/mol. The molecule has 4 atom stereocenters. The van der Waals surface area contributed by atoms with Crippen LogP contribution in [-0.4, -0.2) is 40.3 Å². The lowest BCUT2D eigenvalue weighted by molar-refractivity contribution is -0.00297. The van der Waals surface area contributed by atoms with Gasteiger partial charge in [-0.15, -0.1) is 0 Å². The average molecular weight is 345 g/mol. The van der Waals surface area contributed by atoms with Crippen LogP contribution in [0.25, 0.3) is 0 Å². The van der Waals surface area contributed by atoms with Gasteiger partial charge in [-0.3, -0.25) is 0 Å². The zero-order valence-corrected chi connectivity index (χ0v) is 16.5. The van der Waals surface area contributed by atoms with Gasteiger partial charge in [0.2, 0.25) is 0 Å². The van der Waals surface area contributed by atoms with Crippen LogP contribution in [0.5, 0.6) is 0 Å². The molecule has 1 saturated heterocycles. The van der Waals surface area contributed by atoms with Gasteiger partial charge in [0.15, 0.2) is 0 Å². The predicted molar refractivity (Wildman–Crippen MR) is 94.5 cm³/mol. The van der Waals surface area contributed by atoms with E-state index in [4.69, 9.17) is 18.0 Å². The highest BCUT2D eigenvalue weighted by Gasteiger charge is 2.48. The summed E-state index contributed by atoms with van der Waals surface area (Å²) in [5, 5.41) is 0. The van der Waals surface area contributed by atoms with E-state index in [0.717, 1.165) is 51.4 Å². The molecule has 1 aliphatic carbocycles. The van der Waals surface area contributed by atoms with Crippen molar-refractivity contribution in [2.75, 3.05) is 13.2 Å². The minimum Gasteiger partial charge on any atom is -0.373 e. The lowest BCUT2D eigenvalue weighted by atomic mass is 9.84. The van der Waals surface area contributed by atoms with Crippen LogP contribution in [0.3, 0.4) is 0 Å². The Kier molecular flexibility index (Phi) is 8.02.